The second-order valence-electron chi connectivity index (χ2n) is 4.01. The fourth-order valence-electron chi connectivity index (χ4n) is 1.79. The van der Waals surface area contributed by atoms with Crippen molar-refractivity contribution in [1.82, 2.24) is 9.97 Å². The minimum atomic E-state index is -0.409. The van der Waals surface area contributed by atoms with E-state index in [4.69, 9.17) is 0 Å². The zero-order valence-electron chi connectivity index (χ0n) is 10.1. The number of carbonyl (C=O) groups excluding carboxylic acids is 1. The Labute approximate surface area is 99.7 Å². The Morgan fingerprint density at radius 3 is 2.47 bits per heavy atom. The van der Waals surface area contributed by atoms with Crippen LogP contribution in [0.2, 0.25) is 0 Å². The Morgan fingerprint density at radius 1 is 1.24 bits per heavy atom. The number of aromatic amines is 1. The molecule has 0 unspecified atom stereocenters. The van der Waals surface area contributed by atoms with E-state index >= 15 is 0 Å². The Hall–Kier alpha value is -2.10. The van der Waals surface area contributed by atoms with Crippen molar-refractivity contribution in [2.75, 3.05) is 7.11 Å². The molecule has 1 aromatic heterocycles. The number of rotatable bonds is 2. The van der Waals surface area contributed by atoms with E-state index in [0.717, 1.165) is 16.7 Å². The predicted octanol–water partition coefficient (Wildman–Crippen LogP) is 2.48. The van der Waals surface area contributed by atoms with Gasteiger partial charge in [-0.15, -0.1) is 0 Å². The van der Waals surface area contributed by atoms with Crippen LogP contribution in [0.25, 0.3) is 11.4 Å². The summed E-state index contributed by atoms with van der Waals surface area (Å²) in [5, 5.41) is 0. The molecule has 4 heteroatoms. The molecular formula is C13H14N2O2. The van der Waals surface area contributed by atoms with Gasteiger partial charge in [0.2, 0.25) is 0 Å². The molecule has 0 saturated heterocycles. The number of methoxy groups -OCH3 is 1. The molecule has 0 aliphatic heterocycles. The second-order valence-corrected chi connectivity index (χ2v) is 4.01. The molecule has 0 saturated carbocycles. The largest absolute Gasteiger partial charge is 0.464 e. The molecule has 0 fully saturated rings. The molecule has 1 N–H and O–H groups in total. The zero-order valence-corrected chi connectivity index (χ0v) is 10.1. The van der Waals surface area contributed by atoms with Gasteiger partial charge < -0.3 is 9.72 Å². The van der Waals surface area contributed by atoms with E-state index in [1.165, 1.54) is 13.3 Å². The molecule has 4 nitrogen and oxygen atoms in total. The molecule has 0 aliphatic rings. The molecule has 0 spiro atoms. The molecule has 1 heterocycles. The van der Waals surface area contributed by atoms with Crippen molar-refractivity contribution in [3.05, 3.63) is 41.2 Å². The van der Waals surface area contributed by atoms with Crippen molar-refractivity contribution in [2.45, 2.75) is 13.8 Å². The third-order valence-corrected chi connectivity index (χ3v) is 2.48. The number of benzene rings is 1. The lowest BCUT2D eigenvalue weighted by atomic mass is 10.1. The number of nitrogens with zero attached hydrogens (tertiary/aromatic N) is 1. The molecule has 0 amide bonds. The smallest absolute Gasteiger partial charge is 0.356 e. The van der Waals surface area contributed by atoms with Crippen molar-refractivity contribution in [3.63, 3.8) is 0 Å². The van der Waals surface area contributed by atoms with E-state index in [2.05, 4.69) is 20.8 Å². The summed E-state index contributed by atoms with van der Waals surface area (Å²) in [5.41, 5.74) is 3.66. The third-order valence-electron chi connectivity index (χ3n) is 2.48. The highest BCUT2D eigenvalue weighted by molar-refractivity contribution is 5.87. The van der Waals surface area contributed by atoms with Crippen LogP contribution < -0.4 is 0 Å². The first kappa shape index (κ1) is 11.4. The molecule has 2 rings (SSSR count). The van der Waals surface area contributed by atoms with Gasteiger partial charge in [-0.1, -0.05) is 17.2 Å². The number of imidazole rings is 1. The van der Waals surface area contributed by atoms with Gasteiger partial charge in [-0.2, -0.15) is 0 Å². The summed E-state index contributed by atoms with van der Waals surface area (Å²) in [5.74, 6) is 0.269. The fraction of sp³-hybridized carbons (Fsp3) is 0.231. The Balaban J connectivity index is 2.40. The second kappa shape index (κ2) is 4.41. The van der Waals surface area contributed by atoms with E-state index in [1.807, 2.05) is 26.0 Å². The molecule has 0 aliphatic carbocycles. The quantitative estimate of drug-likeness (QED) is 0.806. The lowest BCUT2D eigenvalue weighted by Crippen LogP contribution is -2.00. The fourth-order valence-corrected chi connectivity index (χ4v) is 1.79. The topological polar surface area (TPSA) is 55.0 Å². The Bertz CT molecular complexity index is 538. The summed E-state index contributed by atoms with van der Waals surface area (Å²) in [4.78, 5) is 18.4. The van der Waals surface area contributed by atoms with Crippen molar-refractivity contribution < 1.29 is 9.53 Å². The van der Waals surface area contributed by atoms with Gasteiger partial charge in [0.1, 0.15) is 11.5 Å². The van der Waals surface area contributed by atoms with Crippen LogP contribution in [0.5, 0.6) is 0 Å². The van der Waals surface area contributed by atoms with Crippen LogP contribution in [-0.2, 0) is 4.74 Å². The molecule has 1 aromatic carbocycles. The van der Waals surface area contributed by atoms with Gasteiger partial charge in [0.25, 0.3) is 0 Å². The van der Waals surface area contributed by atoms with Crippen LogP contribution in [0.15, 0.2) is 24.4 Å². The zero-order chi connectivity index (χ0) is 12.4. The monoisotopic (exact) mass is 230 g/mol. The maximum Gasteiger partial charge on any atom is 0.356 e. The van der Waals surface area contributed by atoms with E-state index in [0.29, 0.717) is 11.5 Å². The first-order valence-electron chi connectivity index (χ1n) is 5.32. The van der Waals surface area contributed by atoms with E-state index < -0.39 is 5.97 Å². The number of esters is 1. The summed E-state index contributed by atoms with van der Waals surface area (Å²) >= 11 is 0. The van der Waals surface area contributed by atoms with Crippen LogP contribution in [0.4, 0.5) is 0 Å². The number of aryl methyl sites for hydroxylation is 2. The first-order chi connectivity index (χ1) is 8.10. The summed E-state index contributed by atoms with van der Waals surface area (Å²) in [6.07, 6.45) is 1.48. The molecular weight excluding hydrogens is 216 g/mol. The summed E-state index contributed by atoms with van der Waals surface area (Å²) < 4.78 is 4.62. The van der Waals surface area contributed by atoms with Crippen molar-refractivity contribution >= 4 is 5.97 Å². The SMILES string of the molecule is COC(=O)c1cnc(-c2cc(C)cc(C)c2)[nH]1. The average Bonchev–Trinajstić information content (AvgIpc) is 2.76. The Kier molecular flexibility index (Phi) is 2.95. The minimum absolute atomic E-state index is 0.363. The molecule has 2 aromatic rings. The summed E-state index contributed by atoms with van der Waals surface area (Å²) in [6, 6.07) is 6.13. The minimum Gasteiger partial charge on any atom is -0.464 e. The van der Waals surface area contributed by atoms with Gasteiger partial charge >= 0.3 is 5.97 Å². The van der Waals surface area contributed by atoms with Crippen LogP contribution in [0.1, 0.15) is 21.6 Å². The predicted molar refractivity (Wildman–Crippen MR) is 64.8 cm³/mol. The van der Waals surface area contributed by atoms with Gasteiger partial charge in [-0.05, 0) is 26.0 Å². The summed E-state index contributed by atoms with van der Waals surface area (Å²) in [6.45, 7) is 4.06. The van der Waals surface area contributed by atoms with Crippen LogP contribution in [0.3, 0.4) is 0 Å². The van der Waals surface area contributed by atoms with Gasteiger partial charge in [0, 0.05) is 5.56 Å². The standard InChI is InChI=1S/C13H14N2O2/c1-8-4-9(2)6-10(5-8)12-14-7-11(15-12)13(16)17-3/h4-7H,1-3H3,(H,14,15). The normalized spacial score (nSPS) is 10.3. The number of hydrogen-bond donors (Lipinski definition) is 1. The number of nitrogens with one attached hydrogen (secondary N) is 1. The van der Waals surface area contributed by atoms with E-state index in [-0.39, 0.29) is 0 Å². The summed E-state index contributed by atoms with van der Waals surface area (Å²) in [7, 11) is 1.35. The van der Waals surface area contributed by atoms with Crippen molar-refractivity contribution in [2.24, 2.45) is 0 Å². The van der Waals surface area contributed by atoms with E-state index in [1.54, 1.807) is 0 Å². The van der Waals surface area contributed by atoms with Gasteiger partial charge in [-0.3, -0.25) is 0 Å². The van der Waals surface area contributed by atoms with Crippen LogP contribution in [0, 0.1) is 13.8 Å². The average molecular weight is 230 g/mol. The number of hydrogen-bond acceptors (Lipinski definition) is 3. The first-order valence-corrected chi connectivity index (χ1v) is 5.32. The molecule has 0 atom stereocenters. The highest BCUT2D eigenvalue weighted by atomic mass is 16.5. The van der Waals surface area contributed by atoms with Gasteiger partial charge in [-0.25, -0.2) is 9.78 Å². The van der Waals surface area contributed by atoms with Crippen LogP contribution >= 0.6 is 0 Å². The molecule has 0 radical (unpaired) electrons. The number of H-pyrrole nitrogens is 1. The number of ether oxygens (including phenoxy) is 1. The lowest BCUT2D eigenvalue weighted by molar-refractivity contribution is 0.0595. The van der Waals surface area contributed by atoms with Crippen LogP contribution in [-0.4, -0.2) is 23.0 Å². The lowest BCUT2D eigenvalue weighted by Gasteiger charge is -2.01. The van der Waals surface area contributed by atoms with Crippen molar-refractivity contribution in [1.29, 1.82) is 0 Å². The maximum atomic E-state index is 11.3. The molecule has 17 heavy (non-hydrogen) atoms. The number of carbonyl (C=O) groups is 1. The molecule has 88 valence electrons. The highest BCUT2D eigenvalue weighted by Gasteiger charge is 2.10. The van der Waals surface area contributed by atoms with Gasteiger partial charge in [0.15, 0.2) is 0 Å². The Morgan fingerprint density at radius 2 is 1.88 bits per heavy atom. The molecule has 0 bridgehead atoms. The highest BCUT2D eigenvalue weighted by Crippen LogP contribution is 2.19. The third kappa shape index (κ3) is 2.36. The van der Waals surface area contributed by atoms with Crippen molar-refractivity contribution in [3.8, 4) is 11.4 Å². The maximum absolute atomic E-state index is 11.3. The van der Waals surface area contributed by atoms with E-state index in [9.17, 15) is 4.79 Å². The number of aromatic nitrogens is 2. The van der Waals surface area contributed by atoms with Gasteiger partial charge in [0.05, 0.1) is 13.3 Å².